The van der Waals surface area contributed by atoms with E-state index in [1.807, 2.05) is 0 Å². The van der Waals surface area contributed by atoms with Gasteiger partial charge < -0.3 is 0 Å². The smallest absolute Gasteiger partial charge is 0.0924 e. The highest BCUT2D eigenvalue weighted by molar-refractivity contribution is 7.83. The minimum atomic E-state index is -0.741. The van der Waals surface area contributed by atoms with Crippen molar-refractivity contribution < 1.29 is 4.21 Å². The number of hydrogen-bond donors (Lipinski definition) is 1. The summed E-state index contributed by atoms with van der Waals surface area (Å²) >= 11 is 0. The van der Waals surface area contributed by atoms with Crippen LogP contribution >= 0.6 is 0 Å². The zero-order valence-electron chi connectivity index (χ0n) is 8.30. The van der Waals surface area contributed by atoms with Crippen LogP contribution in [0.1, 0.15) is 33.1 Å². The molecule has 1 heterocycles. The van der Waals surface area contributed by atoms with Gasteiger partial charge in [0.05, 0.1) is 11.0 Å². The van der Waals surface area contributed by atoms with Gasteiger partial charge in [-0.15, -0.1) is 0 Å². The van der Waals surface area contributed by atoms with E-state index in [0.717, 1.165) is 11.7 Å². The largest absolute Gasteiger partial charge is 0.243 e. The third kappa shape index (κ3) is 0.769. The molecule has 0 radical (unpaired) electrons. The van der Waals surface area contributed by atoms with E-state index in [1.165, 1.54) is 19.3 Å². The molecule has 3 heteroatoms. The van der Waals surface area contributed by atoms with E-state index < -0.39 is 11.0 Å². The summed E-state index contributed by atoms with van der Waals surface area (Å²) in [5, 5.41) is 0. The maximum absolute atomic E-state index is 11.5. The number of fused-ring (bicyclic) bond motifs is 1. The highest BCUT2D eigenvalue weighted by Gasteiger charge is 2.67. The molecule has 0 amide bonds. The van der Waals surface area contributed by atoms with Crippen molar-refractivity contribution in [3.8, 4) is 0 Å². The molecule has 2 aliphatic carbocycles. The lowest BCUT2D eigenvalue weighted by atomic mass is 9.69. The Bertz CT molecular complexity index is 289. The van der Waals surface area contributed by atoms with Crippen molar-refractivity contribution >= 4 is 11.0 Å². The number of rotatable bonds is 0. The SMILES string of the molecule is CC1(C)[C@H]2CC[C@]13C[S@](=O)N[C@H]3C2. The predicted molar refractivity (Wildman–Crippen MR) is 53.5 cm³/mol. The Hall–Kier alpha value is 0.110. The van der Waals surface area contributed by atoms with Crippen LogP contribution in [0.4, 0.5) is 0 Å². The Morgan fingerprint density at radius 2 is 2.23 bits per heavy atom. The molecule has 13 heavy (non-hydrogen) atoms. The Morgan fingerprint density at radius 1 is 1.46 bits per heavy atom. The summed E-state index contributed by atoms with van der Waals surface area (Å²) in [6, 6.07) is 0.557. The first-order valence-electron chi connectivity index (χ1n) is 5.21. The second-order valence-corrected chi connectivity index (χ2v) is 6.72. The molecule has 3 fully saturated rings. The molecule has 0 unspecified atom stereocenters. The zero-order valence-corrected chi connectivity index (χ0v) is 9.12. The molecular weight excluding hydrogens is 182 g/mol. The summed E-state index contributed by atoms with van der Waals surface area (Å²) in [7, 11) is -0.741. The monoisotopic (exact) mass is 199 g/mol. The van der Waals surface area contributed by atoms with Crippen molar-refractivity contribution in [3.05, 3.63) is 0 Å². The third-order valence-electron chi connectivity index (χ3n) is 5.09. The zero-order chi connectivity index (χ0) is 9.27. The molecule has 2 nitrogen and oxygen atoms in total. The van der Waals surface area contributed by atoms with E-state index in [4.69, 9.17) is 0 Å². The molecular formula is C10H17NOS. The average Bonchev–Trinajstić information content (AvgIpc) is 2.55. The van der Waals surface area contributed by atoms with Gasteiger partial charge in [-0.1, -0.05) is 13.8 Å². The second kappa shape index (κ2) is 2.19. The number of nitrogens with one attached hydrogen (secondary N) is 1. The summed E-state index contributed by atoms with van der Waals surface area (Å²) in [6.07, 6.45) is 3.93. The van der Waals surface area contributed by atoms with Gasteiger partial charge in [0.1, 0.15) is 0 Å². The molecule has 3 aliphatic rings. The van der Waals surface area contributed by atoms with Crippen molar-refractivity contribution in [2.45, 2.75) is 39.2 Å². The van der Waals surface area contributed by atoms with Gasteiger partial charge in [0.25, 0.3) is 0 Å². The van der Waals surface area contributed by atoms with E-state index in [1.54, 1.807) is 0 Å². The van der Waals surface area contributed by atoms with Crippen LogP contribution in [0.5, 0.6) is 0 Å². The van der Waals surface area contributed by atoms with Crippen LogP contribution in [-0.4, -0.2) is 16.0 Å². The van der Waals surface area contributed by atoms with Crippen molar-refractivity contribution in [3.63, 3.8) is 0 Å². The summed E-state index contributed by atoms with van der Waals surface area (Å²) in [5.41, 5.74) is 0.805. The molecule has 1 aliphatic heterocycles. The topological polar surface area (TPSA) is 29.1 Å². The lowest BCUT2D eigenvalue weighted by Gasteiger charge is -2.36. The van der Waals surface area contributed by atoms with E-state index in [9.17, 15) is 4.21 Å². The van der Waals surface area contributed by atoms with Gasteiger partial charge in [0, 0.05) is 17.2 Å². The first-order valence-corrected chi connectivity index (χ1v) is 6.53. The summed E-state index contributed by atoms with van der Waals surface area (Å²) in [4.78, 5) is 0. The Morgan fingerprint density at radius 3 is 2.85 bits per heavy atom. The maximum Gasteiger partial charge on any atom is 0.0924 e. The predicted octanol–water partition coefficient (Wildman–Crippen LogP) is 1.45. The van der Waals surface area contributed by atoms with Crippen molar-refractivity contribution in [1.29, 1.82) is 0 Å². The van der Waals surface area contributed by atoms with Crippen LogP contribution in [-0.2, 0) is 11.0 Å². The summed E-state index contributed by atoms with van der Waals surface area (Å²) < 4.78 is 14.8. The molecule has 0 aromatic rings. The maximum atomic E-state index is 11.5. The standard InChI is InChI=1S/C10H17NOS/c1-9(2)7-3-4-10(9)6-13(12)11-8(10)5-7/h7-8,11H,3-6H2,1-2H3/t7-,8-,10+,13-/m0/s1. The van der Waals surface area contributed by atoms with E-state index >= 15 is 0 Å². The molecule has 1 spiro atoms. The molecule has 1 N–H and O–H groups in total. The van der Waals surface area contributed by atoms with E-state index in [0.29, 0.717) is 16.9 Å². The lowest BCUT2D eigenvalue weighted by Crippen LogP contribution is -2.39. The van der Waals surface area contributed by atoms with Crippen LogP contribution in [0.3, 0.4) is 0 Å². The molecule has 1 saturated heterocycles. The third-order valence-corrected chi connectivity index (χ3v) is 6.42. The quantitative estimate of drug-likeness (QED) is 0.628. The van der Waals surface area contributed by atoms with Crippen LogP contribution in [0, 0.1) is 16.7 Å². The van der Waals surface area contributed by atoms with Gasteiger partial charge in [-0.25, -0.2) is 8.93 Å². The highest BCUT2D eigenvalue weighted by atomic mass is 32.2. The minimum Gasteiger partial charge on any atom is -0.243 e. The highest BCUT2D eigenvalue weighted by Crippen LogP contribution is 2.67. The fourth-order valence-corrected chi connectivity index (χ4v) is 5.93. The van der Waals surface area contributed by atoms with E-state index in [-0.39, 0.29) is 0 Å². The average molecular weight is 199 g/mol. The molecule has 0 aromatic carbocycles. The van der Waals surface area contributed by atoms with Crippen molar-refractivity contribution in [2.24, 2.45) is 16.7 Å². The van der Waals surface area contributed by atoms with Gasteiger partial charge in [0.15, 0.2) is 0 Å². The van der Waals surface area contributed by atoms with Gasteiger partial charge in [-0.05, 0) is 30.6 Å². The Labute approximate surface area is 82.1 Å². The molecule has 4 atom stereocenters. The van der Waals surface area contributed by atoms with Gasteiger partial charge in [-0.3, -0.25) is 0 Å². The van der Waals surface area contributed by atoms with Gasteiger partial charge >= 0.3 is 0 Å². The molecule has 2 saturated carbocycles. The minimum absolute atomic E-state index is 0.378. The molecule has 3 rings (SSSR count). The second-order valence-electron chi connectivity index (χ2n) is 5.51. The fraction of sp³-hybridized carbons (Fsp3) is 1.00. The first kappa shape index (κ1) is 8.42. The Kier molecular flexibility index (Phi) is 1.42. The van der Waals surface area contributed by atoms with Crippen molar-refractivity contribution in [2.75, 3.05) is 5.75 Å². The van der Waals surface area contributed by atoms with E-state index in [2.05, 4.69) is 18.6 Å². The van der Waals surface area contributed by atoms with Gasteiger partial charge in [-0.2, -0.15) is 0 Å². The van der Waals surface area contributed by atoms with Crippen LogP contribution in [0.15, 0.2) is 0 Å². The molecule has 0 aromatic heterocycles. The Balaban J connectivity index is 2.09. The van der Waals surface area contributed by atoms with Gasteiger partial charge in [0.2, 0.25) is 0 Å². The first-order chi connectivity index (χ1) is 6.06. The summed E-state index contributed by atoms with van der Waals surface area (Å²) in [5.74, 6) is 1.78. The molecule has 74 valence electrons. The lowest BCUT2D eigenvalue weighted by molar-refractivity contribution is 0.146. The molecule has 2 bridgehead atoms. The number of hydrogen-bond acceptors (Lipinski definition) is 1. The van der Waals surface area contributed by atoms with Crippen LogP contribution < -0.4 is 4.72 Å². The van der Waals surface area contributed by atoms with Crippen LogP contribution in [0.2, 0.25) is 0 Å². The fourth-order valence-electron chi connectivity index (χ4n) is 4.02. The van der Waals surface area contributed by atoms with Crippen molar-refractivity contribution in [1.82, 2.24) is 4.72 Å². The van der Waals surface area contributed by atoms with Crippen LogP contribution in [0.25, 0.3) is 0 Å². The normalized spacial score (nSPS) is 56.9. The summed E-state index contributed by atoms with van der Waals surface area (Å²) in [6.45, 7) is 4.77.